The van der Waals surface area contributed by atoms with Crippen LogP contribution in [0.15, 0.2) is 12.1 Å². The van der Waals surface area contributed by atoms with Gasteiger partial charge in [0.05, 0.1) is 5.75 Å². The Hall–Kier alpha value is -1.89. The molecule has 0 bridgehead atoms. The second-order valence-electron chi connectivity index (χ2n) is 6.89. The van der Waals surface area contributed by atoms with Gasteiger partial charge in [-0.15, -0.1) is 0 Å². The average Bonchev–Trinajstić information content (AvgIpc) is 2.49. The molecule has 0 heterocycles. The highest BCUT2D eigenvalue weighted by Crippen LogP contribution is 2.22. The molecule has 6 nitrogen and oxygen atoms in total. The van der Waals surface area contributed by atoms with Crippen molar-refractivity contribution in [3.63, 3.8) is 0 Å². The Labute approximate surface area is 156 Å². The first-order chi connectivity index (χ1) is 12.0. The molecule has 1 atom stereocenters. The summed E-state index contributed by atoms with van der Waals surface area (Å²) in [4.78, 5) is 23.8. The quantitative estimate of drug-likeness (QED) is 0.687. The number of nitrogens with one attached hydrogen (secondary N) is 2. The number of rotatable bonds is 9. The Kier molecular flexibility index (Phi) is 8.27. The van der Waals surface area contributed by atoms with Crippen LogP contribution in [0.3, 0.4) is 0 Å². The minimum Gasteiger partial charge on any atom is -0.353 e. The number of sulfone groups is 1. The van der Waals surface area contributed by atoms with E-state index in [1.54, 1.807) is 0 Å². The van der Waals surface area contributed by atoms with E-state index >= 15 is 0 Å². The van der Waals surface area contributed by atoms with Crippen LogP contribution in [0.25, 0.3) is 0 Å². The molecule has 0 aliphatic rings. The van der Waals surface area contributed by atoms with Crippen LogP contribution in [0, 0.1) is 20.8 Å². The number of hydrogen-bond acceptors (Lipinski definition) is 4. The fourth-order valence-electron chi connectivity index (χ4n) is 2.72. The maximum Gasteiger partial charge on any atom is 0.235 e. The lowest BCUT2D eigenvalue weighted by Gasteiger charge is -2.13. The second-order valence-corrected chi connectivity index (χ2v) is 9.08. The summed E-state index contributed by atoms with van der Waals surface area (Å²) in [7, 11) is -3.52. The van der Waals surface area contributed by atoms with Crippen LogP contribution in [0.4, 0.5) is 5.69 Å². The first-order valence-electron chi connectivity index (χ1n) is 8.91. The number of carbonyl (C=O) groups excluding carboxylic acids is 2. The third kappa shape index (κ3) is 7.56. The normalized spacial score (nSPS) is 12.5. The number of anilines is 1. The monoisotopic (exact) mass is 382 g/mol. The molecule has 26 heavy (non-hydrogen) atoms. The van der Waals surface area contributed by atoms with Crippen LogP contribution < -0.4 is 10.6 Å². The molecule has 7 heteroatoms. The van der Waals surface area contributed by atoms with Crippen molar-refractivity contribution in [1.29, 1.82) is 0 Å². The van der Waals surface area contributed by atoms with Crippen molar-refractivity contribution in [2.75, 3.05) is 16.8 Å². The summed E-state index contributed by atoms with van der Waals surface area (Å²) in [5.41, 5.74) is 3.85. The minimum absolute atomic E-state index is 0.0514. The molecule has 1 aromatic carbocycles. The molecule has 0 saturated heterocycles. The highest BCUT2D eigenvalue weighted by Gasteiger charge is 2.18. The smallest absolute Gasteiger partial charge is 0.235 e. The van der Waals surface area contributed by atoms with Gasteiger partial charge in [-0.05, 0) is 51.7 Å². The van der Waals surface area contributed by atoms with Crippen molar-refractivity contribution in [3.05, 3.63) is 28.8 Å². The first-order valence-corrected chi connectivity index (χ1v) is 10.7. The van der Waals surface area contributed by atoms with Gasteiger partial charge in [0.1, 0.15) is 5.75 Å². The van der Waals surface area contributed by atoms with Crippen molar-refractivity contribution in [1.82, 2.24) is 5.32 Å². The van der Waals surface area contributed by atoms with Gasteiger partial charge in [-0.2, -0.15) is 0 Å². The predicted octanol–water partition coefficient (Wildman–Crippen LogP) is 2.66. The molecular formula is C19H30N2O4S. The average molecular weight is 383 g/mol. The Bertz CT molecular complexity index is 734. The standard InChI is InChI=1S/C19H30N2O4S/c1-6-16(5)20-18(23)12-26(24,25)9-7-8-17(22)21-19-14(3)10-13(2)11-15(19)4/h10-11,16H,6-9,12H2,1-5H3,(H,20,23)(H,21,22)/t16-/m1/s1. The summed E-state index contributed by atoms with van der Waals surface area (Å²) in [6.45, 7) is 9.58. The topological polar surface area (TPSA) is 92.3 Å². The van der Waals surface area contributed by atoms with E-state index in [-0.39, 0.29) is 30.5 Å². The second kappa shape index (κ2) is 9.71. The van der Waals surface area contributed by atoms with Crippen LogP contribution in [-0.4, -0.2) is 37.8 Å². The summed E-state index contributed by atoms with van der Waals surface area (Å²) in [5, 5.41) is 5.49. The number of benzene rings is 1. The number of carbonyl (C=O) groups is 2. The fraction of sp³-hybridized carbons (Fsp3) is 0.579. The zero-order valence-electron chi connectivity index (χ0n) is 16.3. The van der Waals surface area contributed by atoms with Gasteiger partial charge in [-0.3, -0.25) is 9.59 Å². The highest BCUT2D eigenvalue weighted by atomic mass is 32.2. The van der Waals surface area contributed by atoms with Crippen molar-refractivity contribution >= 4 is 27.3 Å². The van der Waals surface area contributed by atoms with Crippen molar-refractivity contribution in [2.24, 2.45) is 0 Å². The molecular weight excluding hydrogens is 352 g/mol. The van der Waals surface area contributed by atoms with Gasteiger partial charge < -0.3 is 10.6 Å². The van der Waals surface area contributed by atoms with Gasteiger partial charge in [0.25, 0.3) is 0 Å². The maximum absolute atomic E-state index is 12.1. The molecule has 2 N–H and O–H groups in total. The molecule has 1 rings (SSSR count). The number of amides is 2. The molecule has 0 radical (unpaired) electrons. The van der Waals surface area contributed by atoms with E-state index in [4.69, 9.17) is 0 Å². The molecule has 0 fully saturated rings. The molecule has 0 unspecified atom stereocenters. The van der Waals surface area contributed by atoms with Crippen LogP contribution in [0.1, 0.15) is 49.8 Å². The van der Waals surface area contributed by atoms with Crippen LogP contribution in [0.2, 0.25) is 0 Å². The minimum atomic E-state index is -3.52. The van der Waals surface area contributed by atoms with E-state index < -0.39 is 21.5 Å². The van der Waals surface area contributed by atoms with E-state index in [0.29, 0.717) is 0 Å². The molecule has 1 aromatic rings. The Morgan fingerprint density at radius 1 is 1.08 bits per heavy atom. The highest BCUT2D eigenvalue weighted by molar-refractivity contribution is 7.92. The zero-order chi connectivity index (χ0) is 19.9. The van der Waals surface area contributed by atoms with E-state index in [2.05, 4.69) is 10.6 Å². The van der Waals surface area contributed by atoms with E-state index in [9.17, 15) is 18.0 Å². The van der Waals surface area contributed by atoms with Crippen molar-refractivity contribution < 1.29 is 18.0 Å². The first kappa shape index (κ1) is 22.2. The number of aryl methyl sites for hydroxylation is 3. The lowest BCUT2D eigenvalue weighted by Crippen LogP contribution is -2.37. The Morgan fingerprint density at radius 2 is 1.65 bits per heavy atom. The third-order valence-electron chi connectivity index (χ3n) is 4.17. The molecule has 0 aliphatic heterocycles. The van der Waals surface area contributed by atoms with Crippen LogP contribution in [-0.2, 0) is 19.4 Å². The fourth-order valence-corrected chi connectivity index (χ4v) is 3.93. The summed E-state index contributed by atoms with van der Waals surface area (Å²) in [6, 6.07) is 3.93. The largest absolute Gasteiger partial charge is 0.353 e. The third-order valence-corrected chi connectivity index (χ3v) is 5.78. The Morgan fingerprint density at radius 3 is 2.19 bits per heavy atom. The molecule has 0 aromatic heterocycles. The van der Waals surface area contributed by atoms with Gasteiger partial charge in [-0.25, -0.2) is 8.42 Å². The van der Waals surface area contributed by atoms with Gasteiger partial charge >= 0.3 is 0 Å². The van der Waals surface area contributed by atoms with E-state index in [1.165, 1.54) is 0 Å². The van der Waals surface area contributed by atoms with Crippen molar-refractivity contribution in [2.45, 2.75) is 59.9 Å². The molecule has 0 spiro atoms. The van der Waals surface area contributed by atoms with E-state index in [1.807, 2.05) is 46.8 Å². The van der Waals surface area contributed by atoms with Crippen LogP contribution >= 0.6 is 0 Å². The zero-order valence-corrected chi connectivity index (χ0v) is 17.1. The summed E-state index contributed by atoms with van der Waals surface area (Å²) in [6.07, 6.45) is 1.03. The molecule has 2 amide bonds. The van der Waals surface area contributed by atoms with Crippen molar-refractivity contribution in [3.8, 4) is 0 Å². The molecule has 0 aliphatic carbocycles. The van der Waals surface area contributed by atoms with Crippen LogP contribution in [0.5, 0.6) is 0 Å². The Balaban J connectivity index is 2.49. The SMILES string of the molecule is CC[C@@H](C)NC(=O)CS(=O)(=O)CCCC(=O)Nc1c(C)cc(C)cc1C. The van der Waals surface area contributed by atoms with E-state index in [0.717, 1.165) is 28.8 Å². The van der Waals surface area contributed by atoms with Gasteiger partial charge in [0.2, 0.25) is 11.8 Å². The summed E-state index contributed by atoms with van der Waals surface area (Å²) < 4.78 is 24.0. The molecule has 146 valence electrons. The van der Waals surface area contributed by atoms with Gasteiger partial charge in [0, 0.05) is 18.2 Å². The molecule has 0 saturated carbocycles. The lowest BCUT2D eigenvalue weighted by atomic mass is 10.0. The summed E-state index contributed by atoms with van der Waals surface area (Å²) >= 11 is 0. The van der Waals surface area contributed by atoms with Gasteiger partial charge in [0.15, 0.2) is 9.84 Å². The lowest BCUT2D eigenvalue weighted by molar-refractivity contribution is -0.119. The number of hydrogen-bond donors (Lipinski definition) is 2. The maximum atomic E-state index is 12.1. The van der Waals surface area contributed by atoms with Gasteiger partial charge in [-0.1, -0.05) is 24.6 Å². The predicted molar refractivity (Wildman–Crippen MR) is 105 cm³/mol. The summed E-state index contributed by atoms with van der Waals surface area (Å²) in [5.74, 6) is -1.43.